The molecular weight excluding hydrogens is 573 g/mol. The molecule has 0 bridgehead atoms. The molecule has 0 saturated carbocycles. The number of aromatic amines is 2. The second kappa shape index (κ2) is 12.0. The van der Waals surface area contributed by atoms with Crippen molar-refractivity contribution in [1.82, 2.24) is 40.0 Å². The summed E-state index contributed by atoms with van der Waals surface area (Å²) in [5, 5.41) is 10.5. The molecule has 0 aliphatic heterocycles. The molecular formula is C33H34FN9O2. The molecule has 3 N–H and O–H groups in total. The summed E-state index contributed by atoms with van der Waals surface area (Å²) in [6, 6.07) is 10.2. The summed E-state index contributed by atoms with van der Waals surface area (Å²) < 4.78 is 20.4. The van der Waals surface area contributed by atoms with Crippen LogP contribution in [0.15, 0.2) is 61.2 Å². The molecule has 0 radical (unpaired) electrons. The van der Waals surface area contributed by atoms with Crippen LogP contribution in [0.25, 0.3) is 56.0 Å². The third-order valence-electron chi connectivity index (χ3n) is 7.02. The van der Waals surface area contributed by atoms with Crippen LogP contribution in [-0.4, -0.2) is 73.2 Å². The van der Waals surface area contributed by atoms with Crippen molar-refractivity contribution >= 4 is 33.7 Å². The second-order valence-corrected chi connectivity index (χ2v) is 12.4. The Morgan fingerprint density at radius 2 is 1.78 bits per heavy atom. The summed E-state index contributed by atoms with van der Waals surface area (Å²) in [6.07, 6.45) is 7.03. The largest absolute Gasteiger partial charge is 0.492 e. The fourth-order valence-electron chi connectivity index (χ4n) is 4.96. The summed E-state index contributed by atoms with van der Waals surface area (Å²) in [4.78, 5) is 36.2. The van der Waals surface area contributed by atoms with Crippen LogP contribution in [0.5, 0.6) is 5.75 Å². The first-order chi connectivity index (χ1) is 21.5. The van der Waals surface area contributed by atoms with Gasteiger partial charge in [-0.2, -0.15) is 5.10 Å². The molecule has 6 aromatic rings. The van der Waals surface area contributed by atoms with Crippen LogP contribution < -0.4 is 10.1 Å². The average molecular weight is 608 g/mol. The smallest absolute Gasteiger partial charge is 0.224 e. The molecule has 230 valence electrons. The zero-order valence-electron chi connectivity index (χ0n) is 25.8. The first kappa shape index (κ1) is 29.8. The van der Waals surface area contributed by atoms with E-state index < -0.39 is 5.82 Å². The van der Waals surface area contributed by atoms with Gasteiger partial charge in [0.1, 0.15) is 23.7 Å². The molecule has 5 heterocycles. The number of anilines is 1. The van der Waals surface area contributed by atoms with E-state index in [-0.39, 0.29) is 11.3 Å². The van der Waals surface area contributed by atoms with E-state index in [0.717, 1.165) is 11.1 Å². The monoisotopic (exact) mass is 607 g/mol. The van der Waals surface area contributed by atoms with Crippen LogP contribution in [0, 0.1) is 11.2 Å². The number of nitrogens with one attached hydrogen (secondary N) is 3. The zero-order valence-corrected chi connectivity index (χ0v) is 25.8. The fourth-order valence-corrected chi connectivity index (χ4v) is 4.96. The standard InChI is InChI=1S/C33H34FN9O2/c1-33(2,3)14-28(44)37-22-11-20(15-35-16-22)25-6-7-26-30(38-25)31(42-41-26)32-39-27-18-36-17-24(29(27)40-32)19-10-21(34)13-23(12-19)45-9-8-43(4)5/h6-7,10-13,15-18H,8-9,14H2,1-5H3,(H,37,44)(H,39,40)(H,41,42). The van der Waals surface area contributed by atoms with Crippen molar-refractivity contribution in [2.24, 2.45) is 5.41 Å². The van der Waals surface area contributed by atoms with Crippen LogP contribution in [0.3, 0.4) is 0 Å². The van der Waals surface area contributed by atoms with Crippen molar-refractivity contribution in [3.05, 3.63) is 67.0 Å². The molecule has 1 amide bonds. The minimum Gasteiger partial charge on any atom is -0.492 e. The van der Waals surface area contributed by atoms with Gasteiger partial charge in [-0.15, -0.1) is 0 Å². The summed E-state index contributed by atoms with van der Waals surface area (Å²) in [6.45, 7) is 7.18. The molecule has 0 spiro atoms. The van der Waals surface area contributed by atoms with Crippen molar-refractivity contribution in [3.63, 3.8) is 0 Å². The van der Waals surface area contributed by atoms with Gasteiger partial charge in [-0.1, -0.05) is 20.8 Å². The molecule has 12 heteroatoms. The molecule has 45 heavy (non-hydrogen) atoms. The number of likely N-dealkylation sites (N-methyl/N-ethyl adjacent to an activating group) is 1. The lowest BCUT2D eigenvalue weighted by Gasteiger charge is -2.17. The highest BCUT2D eigenvalue weighted by atomic mass is 19.1. The number of halogens is 1. The van der Waals surface area contributed by atoms with Crippen molar-refractivity contribution in [3.8, 4) is 39.7 Å². The second-order valence-electron chi connectivity index (χ2n) is 12.4. The van der Waals surface area contributed by atoms with E-state index in [1.165, 1.54) is 12.1 Å². The first-order valence-corrected chi connectivity index (χ1v) is 14.6. The van der Waals surface area contributed by atoms with Gasteiger partial charge < -0.3 is 19.9 Å². The lowest BCUT2D eigenvalue weighted by Crippen LogP contribution is -2.19. The van der Waals surface area contributed by atoms with E-state index in [9.17, 15) is 9.18 Å². The van der Waals surface area contributed by atoms with Crippen molar-refractivity contribution in [2.75, 3.05) is 32.6 Å². The summed E-state index contributed by atoms with van der Waals surface area (Å²) in [5.41, 5.74) is 6.22. The van der Waals surface area contributed by atoms with Crippen LogP contribution >= 0.6 is 0 Å². The highest BCUT2D eigenvalue weighted by Crippen LogP contribution is 2.33. The van der Waals surface area contributed by atoms with Gasteiger partial charge in [-0.25, -0.2) is 14.4 Å². The number of benzene rings is 1. The maximum atomic E-state index is 14.6. The van der Waals surface area contributed by atoms with E-state index >= 15 is 0 Å². The van der Waals surface area contributed by atoms with Crippen LogP contribution in [-0.2, 0) is 4.79 Å². The Kier molecular flexibility index (Phi) is 7.98. The number of aromatic nitrogens is 7. The SMILES string of the molecule is CN(C)CCOc1cc(F)cc(-c2cncc3[nH]c(-c4n[nH]c5ccc(-c6cncc(NC(=O)CC(C)(C)C)c6)nc45)nc23)c1. The van der Waals surface area contributed by atoms with E-state index in [1.807, 2.05) is 58.0 Å². The molecule has 5 aromatic heterocycles. The number of carbonyl (C=O) groups excluding carboxylic acids is 1. The topological polar surface area (TPSA) is 138 Å². The van der Waals surface area contributed by atoms with E-state index in [1.54, 1.807) is 30.9 Å². The normalized spacial score (nSPS) is 11.9. The molecule has 0 aliphatic rings. The van der Waals surface area contributed by atoms with E-state index in [2.05, 4.69) is 30.5 Å². The fraction of sp³-hybridized carbons (Fsp3) is 0.273. The molecule has 6 rings (SSSR count). The first-order valence-electron chi connectivity index (χ1n) is 14.6. The number of pyridine rings is 3. The molecule has 11 nitrogen and oxygen atoms in total. The molecule has 0 fully saturated rings. The van der Waals surface area contributed by atoms with Crippen molar-refractivity contribution < 1.29 is 13.9 Å². The van der Waals surface area contributed by atoms with Gasteiger partial charge in [-0.3, -0.25) is 19.9 Å². The molecule has 0 unspecified atom stereocenters. The third kappa shape index (κ3) is 6.80. The molecule has 0 saturated heterocycles. The third-order valence-corrected chi connectivity index (χ3v) is 7.02. The quantitative estimate of drug-likeness (QED) is 0.180. The number of H-pyrrole nitrogens is 2. The maximum Gasteiger partial charge on any atom is 0.224 e. The summed E-state index contributed by atoms with van der Waals surface area (Å²) >= 11 is 0. The Hall–Kier alpha value is -5.23. The van der Waals surface area contributed by atoms with Gasteiger partial charge in [-0.05, 0) is 55.4 Å². The summed E-state index contributed by atoms with van der Waals surface area (Å²) in [7, 11) is 3.90. The van der Waals surface area contributed by atoms with Gasteiger partial charge in [0, 0.05) is 42.6 Å². The Balaban J connectivity index is 1.33. The predicted molar refractivity (Wildman–Crippen MR) is 172 cm³/mol. The van der Waals surface area contributed by atoms with Gasteiger partial charge in [0.15, 0.2) is 11.5 Å². The Bertz CT molecular complexity index is 2010. The molecule has 1 aromatic carbocycles. The van der Waals surface area contributed by atoms with Crippen LogP contribution in [0.4, 0.5) is 10.1 Å². The predicted octanol–water partition coefficient (Wildman–Crippen LogP) is 6.08. The van der Waals surface area contributed by atoms with Gasteiger partial charge in [0.25, 0.3) is 0 Å². The lowest BCUT2D eigenvalue weighted by molar-refractivity contribution is -0.117. The number of ether oxygens (including phenoxy) is 1. The summed E-state index contributed by atoms with van der Waals surface area (Å²) in [5.74, 6) is 0.423. The lowest BCUT2D eigenvalue weighted by atomic mass is 9.92. The van der Waals surface area contributed by atoms with E-state index in [4.69, 9.17) is 14.7 Å². The number of imidazole rings is 1. The minimum atomic E-state index is -0.414. The van der Waals surface area contributed by atoms with Crippen LogP contribution in [0.2, 0.25) is 0 Å². The number of hydrogen-bond donors (Lipinski definition) is 3. The minimum absolute atomic E-state index is 0.0768. The van der Waals surface area contributed by atoms with Crippen LogP contribution in [0.1, 0.15) is 27.2 Å². The number of hydrogen-bond acceptors (Lipinski definition) is 8. The van der Waals surface area contributed by atoms with Gasteiger partial charge in [0.2, 0.25) is 5.91 Å². The average Bonchev–Trinajstić information content (AvgIpc) is 3.59. The molecule has 0 atom stereocenters. The number of amides is 1. The van der Waals surface area contributed by atoms with Gasteiger partial charge >= 0.3 is 0 Å². The molecule has 0 aliphatic carbocycles. The zero-order chi connectivity index (χ0) is 31.7. The Morgan fingerprint density at radius 3 is 2.58 bits per heavy atom. The highest BCUT2D eigenvalue weighted by Gasteiger charge is 2.19. The maximum absolute atomic E-state index is 14.6. The number of rotatable bonds is 9. The highest BCUT2D eigenvalue weighted by molar-refractivity contribution is 5.96. The van der Waals surface area contributed by atoms with Crippen molar-refractivity contribution in [1.29, 1.82) is 0 Å². The van der Waals surface area contributed by atoms with Gasteiger partial charge in [0.05, 0.1) is 40.3 Å². The Morgan fingerprint density at radius 1 is 0.956 bits per heavy atom. The van der Waals surface area contributed by atoms with Crippen molar-refractivity contribution in [2.45, 2.75) is 27.2 Å². The van der Waals surface area contributed by atoms with E-state index in [0.29, 0.717) is 75.9 Å². The number of carbonyl (C=O) groups is 1. The Labute approximate surface area is 259 Å². The number of nitrogens with zero attached hydrogens (tertiary/aromatic N) is 6. The number of fused-ring (bicyclic) bond motifs is 2.